The van der Waals surface area contributed by atoms with Gasteiger partial charge in [-0.1, -0.05) is 42.2 Å². The Morgan fingerprint density at radius 1 is 1.14 bits per heavy atom. The third-order valence-electron chi connectivity index (χ3n) is 6.88. The molecule has 0 unspecified atom stereocenters. The van der Waals surface area contributed by atoms with E-state index in [0.29, 0.717) is 21.5 Å². The number of carbonyl (C=O) groups is 1. The zero-order chi connectivity index (χ0) is 26.2. The number of anilines is 1. The number of thiazole rings is 1. The van der Waals surface area contributed by atoms with Crippen molar-refractivity contribution >= 4 is 54.2 Å². The molecule has 1 amide bonds. The van der Waals surface area contributed by atoms with Crippen molar-refractivity contribution in [2.45, 2.75) is 56.5 Å². The molecule has 2 heterocycles. The molecule has 0 radical (unpaired) electrons. The van der Waals surface area contributed by atoms with Crippen LogP contribution < -0.4 is 4.90 Å². The molecule has 1 aliphatic rings. The van der Waals surface area contributed by atoms with Gasteiger partial charge in [0.1, 0.15) is 5.76 Å². The van der Waals surface area contributed by atoms with Gasteiger partial charge in [0.25, 0.3) is 5.91 Å². The highest BCUT2D eigenvalue weighted by Gasteiger charge is 2.30. The maximum atomic E-state index is 13.7. The van der Waals surface area contributed by atoms with Gasteiger partial charge in [-0.2, -0.15) is 4.31 Å². The average Bonchev–Trinajstić information content (AvgIpc) is 3.57. The quantitative estimate of drug-likeness (QED) is 0.254. The van der Waals surface area contributed by atoms with E-state index < -0.39 is 10.0 Å². The van der Waals surface area contributed by atoms with E-state index in [4.69, 9.17) is 21.0 Å². The summed E-state index contributed by atoms with van der Waals surface area (Å²) >= 11 is 7.61. The first-order valence-corrected chi connectivity index (χ1v) is 14.9. The predicted molar refractivity (Wildman–Crippen MR) is 147 cm³/mol. The number of amides is 1. The molecule has 0 N–H and O–H groups in total. The number of aryl methyl sites for hydroxylation is 1. The Labute approximate surface area is 225 Å². The Balaban J connectivity index is 1.45. The first kappa shape index (κ1) is 25.9. The zero-order valence-corrected chi connectivity index (χ0v) is 23.1. The van der Waals surface area contributed by atoms with Crippen molar-refractivity contribution < 1.29 is 17.6 Å². The molecule has 1 saturated carbocycles. The number of nitrogens with zero attached hydrogens (tertiary/aromatic N) is 3. The molecule has 10 heteroatoms. The summed E-state index contributed by atoms with van der Waals surface area (Å²) in [6, 6.07) is 13.4. The summed E-state index contributed by atoms with van der Waals surface area (Å²) in [4.78, 5) is 20.2. The van der Waals surface area contributed by atoms with Gasteiger partial charge < -0.3 is 4.42 Å². The molecule has 2 aromatic carbocycles. The Morgan fingerprint density at radius 2 is 1.86 bits per heavy atom. The molecule has 0 bridgehead atoms. The number of fused-ring (bicyclic) bond motifs is 1. The van der Waals surface area contributed by atoms with Crippen LogP contribution in [0, 0.1) is 6.92 Å². The lowest BCUT2D eigenvalue weighted by molar-refractivity contribution is 0.0983. The van der Waals surface area contributed by atoms with Gasteiger partial charge in [-0.3, -0.25) is 9.69 Å². The van der Waals surface area contributed by atoms with Crippen molar-refractivity contribution in [2.24, 2.45) is 0 Å². The van der Waals surface area contributed by atoms with Crippen LogP contribution in [0.1, 0.15) is 53.8 Å². The van der Waals surface area contributed by atoms with Gasteiger partial charge in [0.15, 0.2) is 5.13 Å². The summed E-state index contributed by atoms with van der Waals surface area (Å²) in [5.74, 6) is 0.305. The molecule has 194 valence electrons. The molecule has 0 aliphatic heterocycles. The van der Waals surface area contributed by atoms with Crippen LogP contribution in [0.2, 0.25) is 5.02 Å². The smallest absolute Gasteiger partial charge is 0.260 e. The maximum absolute atomic E-state index is 13.7. The molecule has 1 fully saturated rings. The van der Waals surface area contributed by atoms with E-state index in [1.54, 1.807) is 42.5 Å². The normalized spacial score (nSPS) is 14.9. The standard InChI is InChI=1S/C27H28ClN3O4S2/c1-18-15-20(28)16-24-25(18)29-27(36-24)31(17-22-9-6-14-35-22)26(32)19-10-12-23(13-11-19)37(33,34)30(2)21-7-4-3-5-8-21/h6,9-16,21H,3-5,7-8,17H2,1-2H3. The number of furan rings is 1. The number of sulfonamides is 1. The Hall–Kier alpha value is -2.72. The van der Waals surface area contributed by atoms with Crippen molar-refractivity contribution in [3.63, 3.8) is 0 Å². The lowest BCUT2D eigenvalue weighted by atomic mass is 9.96. The number of benzene rings is 2. The lowest BCUT2D eigenvalue weighted by Gasteiger charge is -2.30. The average molecular weight is 558 g/mol. The molecule has 2 aromatic heterocycles. The Morgan fingerprint density at radius 3 is 2.54 bits per heavy atom. The number of carbonyl (C=O) groups excluding carboxylic acids is 1. The highest BCUT2D eigenvalue weighted by molar-refractivity contribution is 7.89. The fraction of sp³-hybridized carbons (Fsp3) is 0.333. The summed E-state index contributed by atoms with van der Waals surface area (Å²) in [6.45, 7) is 2.11. The van der Waals surface area contributed by atoms with Crippen molar-refractivity contribution in [3.8, 4) is 0 Å². The van der Waals surface area contributed by atoms with Gasteiger partial charge in [-0.15, -0.1) is 0 Å². The van der Waals surface area contributed by atoms with Gasteiger partial charge >= 0.3 is 0 Å². The molecule has 0 spiro atoms. The molecule has 1 aliphatic carbocycles. The van der Waals surface area contributed by atoms with Crippen molar-refractivity contribution in [1.29, 1.82) is 0 Å². The number of rotatable bonds is 7. The van der Waals surface area contributed by atoms with Gasteiger partial charge in [-0.25, -0.2) is 13.4 Å². The number of hydrogen-bond donors (Lipinski definition) is 0. The van der Waals surface area contributed by atoms with E-state index in [1.807, 2.05) is 19.1 Å². The summed E-state index contributed by atoms with van der Waals surface area (Å²) < 4.78 is 34.4. The molecule has 37 heavy (non-hydrogen) atoms. The SMILES string of the molecule is Cc1cc(Cl)cc2sc(N(Cc3ccco3)C(=O)c3ccc(S(=O)(=O)N(C)C4CCCCC4)cc3)nc12. The maximum Gasteiger partial charge on any atom is 0.260 e. The molecule has 5 rings (SSSR count). The van der Waals surface area contributed by atoms with Crippen LogP contribution in [0.15, 0.2) is 64.1 Å². The summed E-state index contributed by atoms with van der Waals surface area (Å²) in [6.07, 6.45) is 6.55. The monoisotopic (exact) mass is 557 g/mol. The van der Waals surface area contributed by atoms with Crippen LogP contribution in [0.25, 0.3) is 10.2 Å². The summed E-state index contributed by atoms with van der Waals surface area (Å²) in [5.41, 5.74) is 2.07. The molecule has 0 saturated heterocycles. The predicted octanol–water partition coefficient (Wildman–Crippen LogP) is 6.65. The second-order valence-corrected chi connectivity index (χ2v) is 12.8. The first-order chi connectivity index (χ1) is 17.7. The number of hydrogen-bond acceptors (Lipinski definition) is 6. The number of aromatic nitrogens is 1. The largest absolute Gasteiger partial charge is 0.467 e. The Kier molecular flexibility index (Phi) is 7.40. The summed E-state index contributed by atoms with van der Waals surface area (Å²) in [5, 5.41) is 1.12. The minimum Gasteiger partial charge on any atom is -0.467 e. The van der Waals surface area contributed by atoms with E-state index in [1.165, 1.54) is 27.8 Å². The Bertz CT molecular complexity index is 1510. The van der Waals surface area contributed by atoms with Crippen LogP contribution in [-0.4, -0.2) is 36.7 Å². The van der Waals surface area contributed by atoms with Gasteiger partial charge in [0.05, 0.1) is 27.9 Å². The molecule has 7 nitrogen and oxygen atoms in total. The van der Waals surface area contributed by atoms with E-state index in [0.717, 1.165) is 47.9 Å². The van der Waals surface area contributed by atoms with Crippen molar-refractivity contribution in [2.75, 3.05) is 11.9 Å². The fourth-order valence-corrected chi connectivity index (χ4v) is 7.61. The zero-order valence-electron chi connectivity index (χ0n) is 20.7. The van der Waals surface area contributed by atoms with Crippen LogP contribution >= 0.6 is 22.9 Å². The van der Waals surface area contributed by atoms with E-state index >= 15 is 0 Å². The lowest BCUT2D eigenvalue weighted by Crippen LogP contribution is -2.38. The minimum absolute atomic E-state index is 0.0137. The number of halogens is 1. The van der Waals surface area contributed by atoms with Gasteiger partial charge in [0, 0.05) is 23.7 Å². The third kappa shape index (κ3) is 5.31. The highest BCUT2D eigenvalue weighted by Crippen LogP contribution is 2.34. The fourth-order valence-electron chi connectivity index (χ4n) is 4.78. The van der Waals surface area contributed by atoms with Crippen molar-refractivity contribution in [1.82, 2.24) is 9.29 Å². The molecule has 0 atom stereocenters. The van der Waals surface area contributed by atoms with Gasteiger partial charge in [-0.05, 0) is 73.9 Å². The van der Waals surface area contributed by atoms with Crippen molar-refractivity contribution in [3.05, 3.63) is 76.7 Å². The van der Waals surface area contributed by atoms with Crippen LogP contribution in [0.3, 0.4) is 0 Å². The van der Waals surface area contributed by atoms with E-state index in [2.05, 4.69) is 0 Å². The third-order valence-corrected chi connectivity index (χ3v) is 10.0. The van der Waals surface area contributed by atoms with Crippen LogP contribution in [0.4, 0.5) is 5.13 Å². The second kappa shape index (κ2) is 10.6. The van der Waals surface area contributed by atoms with Crippen LogP contribution in [-0.2, 0) is 16.6 Å². The highest BCUT2D eigenvalue weighted by atomic mass is 35.5. The van der Waals surface area contributed by atoms with Gasteiger partial charge in [0.2, 0.25) is 10.0 Å². The minimum atomic E-state index is -3.65. The second-order valence-electron chi connectivity index (χ2n) is 9.37. The molecule has 4 aromatic rings. The van der Waals surface area contributed by atoms with E-state index in [9.17, 15) is 13.2 Å². The first-order valence-electron chi connectivity index (χ1n) is 12.2. The molecular formula is C27H28ClN3O4S2. The summed E-state index contributed by atoms with van der Waals surface area (Å²) in [7, 11) is -2.00. The van der Waals surface area contributed by atoms with Crippen LogP contribution in [0.5, 0.6) is 0 Å². The van der Waals surface area contributed by atoms with E-state index in [-0.39, 0.29) is 23.4 Å². The molecular weight excluding hydrogens is 530 g/mol. The topological polar surface area (TPSA) is 83.7 Å².